The lowest BCUT2D eigenvalue weighted by atomic mass is 9.94. The minimum atomic E-state index is -0.0866. The second kappa shape index (κ2) is 3.66. The van der Waals surface area contributed by atoms with Crippen molar-refractivity contribution in [3.63, 3.8) is 0 Å². The Bertz CT molecular complexity index is 345. The van der Waals surface area contributed by atoms with E-state index >= 15 is 0 Å². The van der Waals surface area contributed by atoms with E-state index < -0.39 is 0 Å². The van der Waals surface area contributed by atoms with Crippen LogP contribution < -0.4 is 15.4 Å². The summed E-state index contributed by atoms with van der Waals surface area (Å²) in [5, 5.41) is 0. The summed E-state index contributed by atoms with van der Waals surface area (Å²) in [6.45, 7) is 6.24. The highest BCUT2D eigenvalue weighted by Crippen LogP contribution is 2.25. The van der Waals surface area contributed by atoms with Crippen molar-refractivity contribution in [3.8, 4) is 5.88 Å². The van der Waals surface area contributed by atoms with E-state index in [2.05, 4.69) is 14.9 Å². The Morgan fingerprint density at radius 1 is 1.53 bits per heavy atom. The third kappa shape index (κ3) is 2.18. The predicted octanol–water partition coefficient (Wildman–Crippen LogP) is 0.413. The van der Waals surface area contributed by atoms with E-state index in [1.54, 1.807) is 0 Å². The molecule has 0 saturated carbocycles. The molecule has 0 spiro atoms. The highest BCUT2D eigenvalue weighted by molar-refractivity contribution is 5.45. The zero-order valence-corrected chi connectivity index (χ0v) is 9.10. The molecule has 0 aliphatic carbocycles. The van der Waals surface area contributed by atoms with Gasteiger partial charge in [0.05, 0.1) is 6.61 Å². The van der Waals surface area contributed by atoms with Gasteiger partial charge in [-0.3, -0.25) is 0 Å². The van der Waals surface area contributed by atoms with Gasteiger partial charge in [-0.05, 0) is 13.8 Å². The van der Waals surface area contributed by atoms with Crippen LogP contribution in [0.3, 0.4) is 0 Å². The molecule has 1 aliphatic heterocycles. The van der Waals surface area contributed by atoms with Crippen LogP contribution in [0.15, 0.2) is 12.4 Å². The van der Waals surface area contributed by atoms with Crippen molar-refractivity contribution in [1.82, 2.24) is 9.97 Å². The van der Waals surface area contributed by atoms with Gasteiger partial charge in [-0.2, -0.15) is 0 Å². The fraction of sp³-hybridized carbons (Fsp3) is 0.600. The molecular formula is C10H16N4O. The molecule has 15 heavy (non-hydrogen) atoms. The number of aromatic nitrogens is 2. The number of hydrogen-bond acceptors (Lipinski definition) is 5. The SMILES string of the molecule is CCOc1cc(N2CC(C)(N)C2)ncn1. The van der Waals surface area contributed by atoms with Crippen molar-refractivity contribution in [2.24, 2.45) is 5.73 Å². The van der Waals surface area contributed by atoms with Gasteiger partial charge < -0.3 is 15.4 Å². The fourth-order valence-electron chi connectivity index (χ4n) is 1.72. The average Bonchev–Trinajstić information content (AvgIpc) is 2.15. The number of ether oxygens (including phenoxy) is 1. The van der Waals surface area contributed by atoms with E-state index in [-0.39, 0.29) is 5.54 Å². The lowest BCUT2D eigenvalue weighted by molar-refractivity contribution is 0.324. The second-order valence-electron chi connectivity index (χ2n) is 4.16. The van der Waals surface area contributed by atoms with Crippen LogP contribution in [0.1, 0.15) is 13.8 Å². The van der Waals surface area contributed by atoms with Gasteiger partial charge in [0.2, 0.25) is 5.88 Å². The largest absolute Gasteiger partial charge is 0.478 e. The molecular weight excluding hydrogens is 192 g/mol. The van der Waals surface area contributed by atoms with Crippen molar-refractivity contribution in [2.75, 3.05) is 24.6 Å². The molecule has 0 radical (unpaired) electrons. The van der Waals surface area contributed by atoms with Gasteiger partial charge in [-0.25, -0.2) is 9.97 Å². The maximum absolute atomic E-state index is 5.93. The van der Waals surface area contributed by atoms with Crippen LogP contribution in [-0.2, 0) is 0 Å². The van der Waals surface area contributed by atoms with E-state index in [9.17, 15) is 0 Å². The first-order valence-electron chi connectivity index (χ1n) is 5.09. The summed E-state index contributed by atoms with van der Waals surface area (Å²) in [6.07, 6.45) is 1.52. The number of anilines is 1. The zero-order chi connectivity index (χ0) is 10.9. The minimum absolute atomic E-state index is 0.0866. The molecule has 1 saturated heterocycles. The Morgan fingerprint density at radius 2 is 2.27 bits per heavy atom. The zero-order valence-electron chi connectivity index (χ0n) is 9.10. The lowest BCUT2D eigenvalue weighted by Crippen LogP contribution is -2.65. The molecule has 1 aromatic rings. The molecule has 1 fully saturated rings. The molecule has 2 heterocycles. The van der Waals surface area contributed by atoms with E-state index in [1.165, 1.54) is 6.33 Å². The number of hydrogen-bond donors (Lipinski definition) is 1. The normalized spacial score (nSPS) is 18.5. The standard InChI is InChI=1S/C10H16N4O/c1-3-15-9-4-8(12-7-13-9)14-5-10(2,11)6-14/h4,7H,3,5-6,11H2,1-2H3. The van der Waals surface area contributed by atoms with Crippen molar-refractivity contribution in [1.29, 1.82) is 0 Å². The fourth-order valence-corrected chi connectivity index (χ4v) is 1.72. The smallest absolute Gasteiger partial charge is 0.218 e. The summed E-state index contributed by atoms with van der Waals surface area (Å²) in [5.41, 5.74) is 5.84. The van der Waals surface area contributed by atoms with E-state index in [1.807, 2.05) is 19.9 Å². The Labute approximate surface area is 89.3 Å². The Balaban J connectivity index is 2.06. The molecule has 0 unspecified atom stereocenters. The van der Waals surface area contributed by atoms with Crippen molar-refractivity contribution >= 4 is 5.82 Å². The highest BCUT2D eigenvalue weighted by Gasteiger charge is 2.35. The van der Waals surface area contributed by atoms with Gasteiger partial charge in [0.25, 0.3) is 0 Å². The topological polar surface area (TPSA) is 64.3 Å². The average molecular weight is 208 g/mol. The monoisotopic (exact) mass is 208 g/mol. The first-order chi connectivity index (χ1) is 7.11. The van der Waals surface area contributed by atoms with Gasteiger partial charge in [0, 0.05) is 24.7 Å². The van der Waals surface area contributed by atoms with Crippen LogP contribution in [0.4, 0.5) is 5.82 Å². The second-order valence-corrected chi connectivity index (χ2v) is 4.16. The van der Waals surface area contributed by atoms with Crippen LogP contribution in [0, 0.1) is 0 Å². The Kier molecular flexibility index (Phi) is 2.48. The summed E-state index contributed by atoms with van der Waals surface area (Å²) < 4.78 is 5.31. The first kappa shape index (κ1) is 10.2. The lowest BCUT2D eigenvalue weighted by Gasteiger charge is -2.46. The Morgan fingerprint density at radius 3 is 2.87 bits per heavy atom. The molecule has 0 atom stereocenters. The molecule has 2 N–H and O–H groups in total. The van der Waals surface area contributed by atoms with Crippen molar-refractivity contribution < 1.29 is 4.74 Å². The summed E-state index contributed by atoms with van der Waals surface area (Å²) in [4.78, 5) is 10.3. The van der Waals surface area contributed by atoms with Gasteiger partial charge in [-0.1, -0.05) is 0 Å². The summed E-state index contributed by atoms with van der Waals surface area (Å²) in [7, 11) is 0. The van der Waals surface area contributed by atoms with Gasteiger partial charge >= 0.3 is 0 Å². The Hall–Kier alpha value is -1.36. The van der Waals surface area contributed by atoms with Crippen LogP contribution in [0.2, 0.25) is 0 Å². The van der Waals surface area contributed by atoms with E-state index in [0.29, 0.717) is 12.5 Å². The van der Waals surface area contributed by atoms with Gasteiger partial charge in [-0.15, -0.1) is 0 Å². The molecule has 5 nitrogen and oxygen atoms in total. The molecule has 0 aromatic carbocycles. The maximum Gasteiger partial charge on any atom is 0.218 e. The van der Waals surface area contributed by atoms with E-state index in [0.717, 1.165) is 18.9 Å². The van der Waals surface area contributed by atoms with Crippen LogP contribution in [0.25, 0.3) is 0 Å². The van der Waals surface area contributed by atoms with Crippen LogP contribution >= 0.6 is 0 Å². The third-order valence-corrected chi connectivity index (χ3v) is 2.35. The third-order valence-electron chi connectivity index (χ3n) is 2.35. The maximum atomic E-state index is 5.93. The number of rotatable bonds is 3. The van der Waals surface area contributed by atoms with Gasteiger partial charge in [0.15, 0.2) is 0 Å². The first-order valence-corrected chi connectivity index (χ1v) is 5.09. The van der Waals surface area contributed by atoms with Gasteiger partial charge in [0.1, 0.15) is 12.1 Å². The number of nitrogens with two attached hydrogens (primary N) is 1. The van der Waals surface area contributed by atoms with E-state index in [4.69, 9.17) is 10.5 Å². The predicted molar refractivity (Wildman–Crippen MR) is 58.0 cm³/mol. The van der Waals surface area contributed by atoms with Crippen molar-refractivity contribution in [2.45, 2.75) is 19.4 Å². The summed E-state index contributed by atoms with van der Waals surface area (Å²) in [5.74, 6) is 1.50. The highest BCUT2D eigenvalue weighted by atomic mass is 16.5. The molecule has 1 aliphatic rings. The molecule has 5 heteroatoms. The summed E-state index contributed by atoms with van der Waals surface area (Å²) >= 11 is 0. The van der Waals surface area contributed by atoms with Crippen LogP contribution in [0.5, 0.6) is 5.88 Å². The van der Waals surface area contributed by atoms with Crippen molar-refractivity contribution in [3.05, 3.63) is 12.4 Å². The quantitative estimate of drug-likeness (QED) is 0.779. The molecule has 2 rings (SSSR count). The number of nitrogens with zero attached hydrogens (tertiary/aromatic N) is 3. The minimum Gasteiger partial charge on any atom is -0.478 e. The molecule has 0 amide bonds. The summed E-state index contributed by atoms with van der Waals surface area (Å²) in [6, 6.07) is 1.85. The molecule has 1 aromatic heterocycles. The molecule has 0 bridgehead atoms. The van der Waals surface area contributed by atoms with Crippen LogP contribution in [-0.4, -0.2) is 35.2 Å². The molecule has 82 valence electrons.